The highest BCUT2D eigenvalue weighted by molar-refractivity contribution is 6.33. The van der Waals surface area contributed by atoms with E-state index < -0.39 is 12.3 Å². The Bertz CT molecular complexity index is 1200. The first kappa shape index (κ1) is 22.2. The van der Waals surface area contributed by atoms with Crippen molar-refractivity contribution in [2.45, 2.75) is 46.0 Å². The molecule has 1 aliphatic rings. The van der Waals surface area contributed by atoms with Crippen LogP contribution in [0.15, 0.2) is 23.4 Å². The van der Waals surface area contributed by atoms with Crippen molar-refractivity contribution in [3.05, 3.63) is 45.4 Å². The van der Waals surface area contributed by atoms with E-state index in [1.807, 2.05) is 27.8 Å². The normalized spacial score (nSPS) is 18.4. The average molecular weight is 462 g/mol. The molecule has 3 aromatic heterocycles. The molecule has 0 aliphatic carbocycles. The summed E-state index contributed by atoms with van der Waals surface area (Å²) >= 11 is 6.28. The smallest absolute Gasteiger partial charge is 0.287 e. The second kappa shape index (κ2) is 8.85. The zero-order valence-corrected chi connectivity index (χ0v) is 19.2. The number of halogens is 2. The lowest BCUT2D eigenvalue weighted by atomic mass is 10.1. The molecule has 0 unspecified atom stereocenters. The molecule has 1 fully saturated rings. The quantitative estimate of drug-likeness (QED) is 0.557. The van der Waals surface area contributed by atoms with Crippen molar-refractivity contribution in [1.29, 1.82) is 0 Å². The van der Waals surface area contributed by atoms with Crippen LogP contribution in [-0.2, 0) is 13.6 Å². The lowest BCUT2D eigenvalue weighted by Gasteiger charge is -2.19. The average Bonchev–Trinajstić information content (AvgIpc) is 3.24. The molecule has 0 radical (unpaired) electrons. The van der Waals surface area contributed by atoms with Crippen LogP contribution in [0, 0.1) is 13.8 Å². The molecule has 4 heterocycles. The second-order valence-electron chi connectivity index (χ2n) is 7.86. The van der Waals surface area contributed by atoms with Gasteiger partial charge >= 0.3 is 0 Å². The first-order chi connectivity index (χ1) is 15.3. The van der Waals surface area contributed by atoms with E-state index >= 15 is 0 Å². The van der Waals surface area contributed by atoms with Crippen LogP contribution in [0.2, 0.25) is 5.02 Å². The van der Waals surface area contributed by atoms with Crippen LogP contribution < -0.4 is 15.2 Å². The Labute approximate surface area is 189 Å². The molecule has 0 bridgehead atoms. The Morgan fingerprint density at radius 3 is 2.75 bits per heavy atom. The Kier molecular flexibility index (Phi) is 6.14. The lowest BCUT2D eigenvalue weighted by Crippen LogP contribution is -2.30. The van der Waals surface area contributed by atoms with E-state index in [1.54, 1.807) is 15.6 Å². The minimum absolute atomic E-state index is 0.0353. The summed E-state index contributed by atoms with van der Waals surface area (Å²) in [5.74, 6) is 0.273. The maximum atomic E-state index is 14.8. The summed E-state index contributed by atoms with van der Waals surface area (Å²) in [6, 6.07) is 1.69. The Balaban J connectivity index is 1.53. The molecule has 32 heavy (non-hydrogen) atoms. The minimum atomic E-state index is -1.29. The number of hydrogen-bond donors (Lipinski definition) is 0. The zero-order valence-electron chi connectivity index (χ0n) is 18.4. The third-order valence-electron chi connectivity index (χ3n) is 5.62. The second-order valence-corrected chi connectivity index (χ2v) is 8.24. The van der Waals surface area contributed by atoms with Gasteiger partial charge in [-0.3, -0.25) is 9.48 Å². The van der Waals surface area contributed by atoms with Crippen LogP contribution >= 0.6 is 11.6 Å². The van der Waals surface area contributed by atoms with Gasteiger partial charge in [0.25, 0.3) is 5.56 Å². The van der Waals surface area contributed by atoms with Gasteiger partial charge < -0.3 is 9.64 Å². The van der Waals surface area contributed by atoms with Gasteiger partial charge in [0.2, 0.25) is 5.88 Å². The fourth-order valence-corrected chi connectivity index (χ4v) is 4.20. The molecule has 1 saturated heterocycles. The molecule has 4 rings (SSSR count). The Hall–Kier alpha value is -3.01. The van der Waals surface area contributed by atoms with Crippen LogP contribution in [0.1, 0.15) is 24.7 Å². The molecule has 2 atom stereocenters. The number of aromatic nitrogens is 6. The van der Waals surface area contributed by atoms with E-state index in [9.17, 15) is 9.18 Å². The van der Waals surface area contributed by atoms with E-state index in [1.165, 1.54) is 17.2 Å². The number of alkyl halides is 1. The minimum Gasteiger partial charge on any atom is -0.469 e. The van der Waals surface area contributed by atoms with Gasteiger partial charge in [0.1, 0.15) is 11.3 Å². The maximum absolute atomic E-state index is 14.8. The third-order valence-corrected chi connectivity index (χ3v) is 5.98. The van der Waals surface area contributed by atoms with Gasteiger partial charge in [0.15, 0.2) is 12.3 Å². The number of ether oxygens (including phenoxy) is 1. The number of aryl methyl sites for hydroxylation is 3. The Morgan fingerprint density at radius 1 is 1.28 bits per heavy atom. The van der Waals surface area contributed by atoms with Gasteiger partial charge in [-0.15, -0.1) is 0 Å². The predicted molar refractivity (Wildman–Crippen MR) is 119 cm³/mol. The van der Waals surface area contributed by atoms with Gasteiger partial charge in [0, 0.05) is 30.9 Å². The summed E-state index contributed by atoms with van der Waals surface area (Å²) in [4.78, 5) is 22.6. The summed E-state index contributed by atoms with van der Waals surface area (Å²) in [5.41, 5.74) is 3.38. The van der Waals surface area contributed by atoms with Gasteiger partial charge in [-0.2, -0.15) is 10.2 Å². The van der Waals surface area contributed by atoms with Crippen molar-refractivity contribution in [2.24, 2.45) is 7.05 Å². The molecule has 1 aliphatic heterocycles. The molecule has 0 saturated carbocycles. The number of anilines is 1. The molecule has 9 nitrogen and oxygen atoms in total. The highest BCUT2D eigenvalue weighted by Crippen LogP contribution is 2.30. The van der Waals surface area contributed by atoms with E-state index in [-0.39, 0.29) is 29.6 Å². The van der Waals surface area contributed by atoms with E-state index in [4.69, 9.17) is 16.3 Å². The fraction of sp³-hybridized carbons (Fsp3) is 0.476. The van der Waals surface area contributed by atoms with E-state index in [2.05, 4.69) is 20.2 Å². The van der Waals surface area contributed by atoms with Gasteiger partial charge in [0.05, 0.1) is 36.4 Å². The molecular weight excluding hydrogens is 437 g/mol. The summed E-state index contributed by atoms with van der Waals surface area (Å²) in [7, 11) is 1.87. The lowest BCUT2D eigenvalue weighted by molar-refractivity contribution is 0.134. The SMILES string of the molecule is CCCn1ncc(N2C[C@H](Oc3cc(-c4c(C)nn(C)c4C)ncn3)[C@@H](F)C2)c(Cl)c1=O. The molecule has 0 N–H and O–H groups in total. The third kappa shape index (κ3) is 4.06. The highest BCUT2D eigenvalue weighted by atomic mass is 35.5. The Morgan fingerprint density at radius 2 is 2.06 bits per heavy atom. The molecule has 170 valence electrons. The molecular formula is C21H25ClFN7O2. The fourth-order valence-electron chi connectivity index (χ4n) is 3.93. The molecule has 0 aromatic carbocycles. The van der Waals surface area contributed by atoms with Crippen LogP contribution in [0.5, 0.6) is 5.88 Å². The molecule has 11 heteroatoms. The summed E-state index contributed by atoms with van der Waals surface area (Å²) in [6.45, 7) is 6.54. The first-order valence-corrected chi connectivity index (χ1v) is 10.8. The highest BCUT2D eigenvalue weighted by Gasteiger charge is 2.36. The largest absolute Gasteiger partial charge is 0.469 e. The molecule has 3 aromatic rings. The van der Waals surface area contributed by atoms with Crippen molar-refractivity contribution in [1.82, 2.24) is 29.5 Å². The van der Waals surface area contributed by atoms with Crippen molar-refractivity contribution in [3.8, 4) is 17.1 Å². The topological polar surface area (TPSA) is 91.0 Å². The van der Waals surface area contributed by atoms with Gasteiger partial charge in [-0.1, -0.05) is 18.5 Å². The molecule has 0 amide bonds. The summed E-state index contributed by atoms with van der Waals surface area (Å²) in [5, 5.41) is 8.60. The maximum Gasteiger partial charge on any atom is 0.287 e. The van der Waals surface area contributed by atoms with Crippen LogP contribution in [0.3, 0.4) is 0 Å². The van der Waals surface area contributed by atoms with Gasteiger partial charge in [-0.05, 0) is 20.3 Å². The number of hydrogen-bond acceptors (Lipinski definition) is 7. The standard InChI is InChI=1S/C21H25ClFN7O2/c1-5-6-30-21(31)20(22)16(8-26-30)29-9-14(23)17(10-29)32-18-7-15(24-11-25-18)19-12(2)27-28(4)13(19)3/h7-8,11,14,17H,5-6,9-10H2,1-4H3/t14-,17-/m0/s1. The van der Waals surface area contributed by atoms with Crippen LogP contribution in [0.25, 0.3) is 11.3 Å². The predicted octanol–water partition coefficient (Wildman–Crippen LogP) is 2.72. The van der Waals surface area contributed by atoms with Crippen LogP contribution in [-0.4, -0.2) is 54.9 Å². The zero-order chi connectivity index (χ0) is 23.0. The summed E-state index contributed by atoms with van der Waals surface area (Å²) < 4.78 is 23.8. The summed E-state index contributed by atoms with van der Waals surface area (Å²) in [6.07, 6.45) is 1.59. The monoisotopic (exact) mass is 461 g/mol. The number of rotatable bonds is 6. The van der Waals surface area contributed by atoms with Gasteiger partial charge in [-0.25, -0.2) is 19.0 Å². The van der Waals surface area contributed by atoms with Crippen LogP contribution in [0.4, 0.5) is 10.1 Å². The van der Waals surface area contributed by atoms with E-state index in [0.717, 1.165) is 23.4 Å². The molecule has 0 spiro atoms. The number of nitrogens with zero attached hydrogens (tertiary/aromatic N) is 7. The first-order valence-electron chi connectivity index (χ1n) is 10.4. The van der Waals surface area contributed by atoms with Crippen molar-refractivity contribution in [3.63, 3.8) is 0 Å². The van der Waals surface area contributed by atoms with Crippen molar-refractivity contribution >= 4 is 17.3 Å². The van der Waals surface area contributed by atoms with Crippen molar-refractivity contribution in [2.75, 3.05) is 18.0 Å². The van der Waals surface area contributed by atoms with Crippen molar-refractivity contribution < 1.29 is 9.13 Å². The van der Waals surface area contributed by atoms with E-state index in [0.29, 0.717) is 17.9 Å².